The van der Waals surface area contributed by atoms with Gasteiger partial charge in [0.25, 0.3) is 5.91 Å². The first-order valence-electron chi connectivity index (χ1n) is 22.8. The van der Waals surface area contributed by atoms with Crippen molar-refractivity contribution in [3.05, 3.63) is 68.3 Å². The average Bonchev–Trinajstić information content (AvgIpc) is 3.27. The van der Waals surface area contributed by atoms with E-state index in [1.54, 1.807) is 9.80 Å². The molecule has 0 aromatic carbocycles. The molecule has 336 valence electrons. The van der Waals surface area contributed by atoms with Crippen LogP contribution in [0.4, 0.5) is 0 Å². The molecule has 2 aliphatic heterocycles. The van der Waals surface area contributed by atoms with E-state index in [0.717, 1.165) is 78.4 Å². The van der Waals surface area contributed by atoms with Gasteiger partial charge in [-0.25, -0.2) is 0 Å². The van der Waals surface area contributed by atoms with E-state index in [4.69, 9.17) is 46.4 Å². The normalized spacial score (nSPS) is 40.8. The fraction of sp³-hybridized carbons (Fsp3) is 0.667. The molecule has 9 rings (SSSR count). The lowest BCUT2D eigenvalue weighted by Gasteiger charge is -2.59. The monoisotopic (exact) mass is 1370 g/mol. The maximum absolute atomic E-state index is 15.3. The van der Waals surface area contributed by atoms with Crippen LogP contribution in [0.25, 0.3) is 0 Å². The minimum Gasteiger partial charge on any atom is -0.278 e. The molecule has 4 amide bonds. The Morgan fingerprint density at radius 1 is 0.710 bits per heavy atom. The average molecular weight is 1370 g/mol. The number of carbonyl (C=O) groups excluding carboxylic acids is 4. The van der Waals surface area contributed by atoms with Crippen LogP contribution in [0, 0.1) is 53.3 Å². The summed E-state index contributed by atoms with van der Waals surface area (Å²) in [5.74, 6) is -3.20. The van der Waals surface area contributed by atoms with Gasteiger partial charge in [-0.3, -0.25) is 29.0 Å². The maximum atomic E-state index is 15.3. The van der Waals surface area contributed by atoms with Crippen molar-refractivity contribution in [2.75, 3.05) is 0 Å². The standard InChI is InChI=1S/C48H54Cl4I4N2O4/c1-5-31(53)19-11-9-12-20(32(54)6-2)43(19)57-45(59)23-15-27(49)37-39-29(51)17-25-36-26(18-30(52)40(42(36)39)38-28(50)16-24(46(57)60)35(23)41(37)38)48(62)58(47(25)61)44-21(33(55)7-3)13-10-14-22(44)34(56)8-4/h9,11-12,15,19,21-22,24-28,30-34,37-38,40,43-44H,5-8,10,13-14,16-18H2,1-4H3. The number of carbonyl (C=O) groups is 4. The van der Waals surface area contributed by atoms with E-state index in [0.29, 0.717) is 31.3 Å². The van der Waals surface area contributed by atoms with Gasteiger partial charge in [0, 0.05) is 66.8 Å². The van der Waals surface area contributed by atoms with Crippen LogP contribution in [0.1, 0.15) is 91.9 Å². The second-order valence-corrected chi connectivity index (χ2v) is 27.4. The Hall–Kier alpha value is 0.800. The number of alkyl halides is 7. The van der Waals surface area contributed by atoms with Gasteiger partial charge in [0.15, 0.2) is 0 Å². The highest BCUT2D eigenvalue weighted by atomic mass is 127. The largest absolute Gasteiger partial charge is 0.278 e. The molecule has 0 bridgehead atoms. The quantitative estimate of drug-likeness (QED) is 0.124. The molecule has 14 heteroatoms. The number of likely N-dealkylation sites (tertiary alicyclic amines) is 2. The zero-order valence-electron chi connectivity index (χ0n) is 35.3. The molecule has 0 N–H and O–H groups in total. The summed E-state index contributed by atoms with van der Waals surface area (Å²) in [7, 11) is 0. The third-order valence-electron chi connectivity index (χ3n) is 16.2. The van der Waals surface area contributed by atoms with Gasteiger partial charge in [-0.1, -0.05) is 166 Å². The third-order valence-corrected chi connectivity index (χ3v) is 24.8. The number of amides is 4. The lowest BCUT2D eigenvalue weighted by Crippen LogP contribution is -2.64. The zero-order chi connectivity index (χ0) is 44.4. The summed E-state index contributed by atoms with van der Waals surface area (Å²) in [5, 5.41) is -1.10. The van der Waals surface area contributed by atoms with Gasteiger partial charge >= 0.3 is 0 Å². The SMILES string of the molecule is CCC(I)C1=CC=CC(C(I)CC)C1N1C(=O)C2=CC(Cl)C3C4=C(Cl)CC5C(=O)N(C6C(C(I)CC)CCCC6C(I)CC)C(=O)C6CC(Cl)C(C4=C56)C4C3=C2C(CC4Cl)C1=O. The number of hydrogen-bond acceptors (Lipinski definition) is 4. The number of piperidine rings is 2. The number of allylic oxidation sites excluding steroid dienone is 7. The van der Waals surface area contributed by atoms with Crippen LogP contribution in [0.5, 0.6) is 0 Å². The van der Waals surface area contributed by atoms with Crippen molar-refractivity contribution in [2.24, 2.45) is 53.3 Å². The van der Waals surface area contributed by atoms with Crippen LogP contribution in [0.2, 0.25) is 0 Å². The Balaban J connectivity index is 1.16. The van der Waals surface area contributed by atoms with Crippen LogP contribution in [-0.2, 0) is 19.2 Å². The fourth-order valence-electron chi connectivity index (χ4n) is 13.6. The molecule has 6 nitrogen and oxygen atoms in total. The number of fused-ring (bicyclic) bond motifs is 2. The van der Waals surface area contributed by atoms with Crippen molar-refractivity contribution >= 4 is 160 Å². The summed E-state index contributed by atoms with van der Waals surface area (Å²) in [4.78, 5) is 64.4. The van der Waals surface area contributed by atoms with Crippen LogP contribution in [-0.4, -0.2) is 77.3 Å². The summed E-state index contributed by atoms with van der Waals surface area (Å²) < 4.78 is 1.04. The van der Waals surface area contributed by atoms with E-state index in [1.165, 1.54) is 0 Å². The van der Waals surface area contributed by atoms with Crippen LogP contribution in [0.3, 0.4) is 0 Å². The molecule has 17 atom stereocenters. The van der Waals surface area contributed by atoms with Crippen molar-refractivity contribution in [1.29, 1.82) is 0 Å². The highest BCUT2D eigenvalue weighted by Gasteiger charge is 2.65. The molecule has 62 heavy (non-hydrogen) atoms. The number of imide groups is 2. The molecule has 0 radical (unpaired) electrons. The molecular formula is C48H54Cl4I4N2O4. The lowest BCUT2D eigenvalue weighted by atomic mass is 9.49. The summed E-state index contributed by atoms with van der Waals surface area (Å²) in [5.41, 5.74) is 5.91. The van der Waals surface area contributed by atoms with E-state index in [2.05, 4.69) is 136 Å². The van der Waals surface area contributed by atoms with Crippen LogP contribution >= 0.6 is 137 Å². The van der Waals surface area contributed by atoms with Crippen LogP contribution < -0.4 is 0 Å². The highest BCUT2D eigenvalue weighted by Crippen LogP contribution is 2.67. The molecular weight excluding hydrogens is 1320 g/mol. The second-order valence-electron chi connectivity index (χ2n) is 19.0. The van der Waals surface area contributed by atoms with Crippen molar-refractivity contribution in [3.63, 3.8) is 0 Å². The Bertz CT molecular complexity index is 2140. The third kappa shape index (κ3) is 7.28. The first-order chi connectivity index (χ1) is 29.6. The zero-order valence-corrected chi connectivity index (χ0v) is 47.0. The fourth-order valence-corrected chi connectivity index (χ4v) is 18.1. The summed E-state index contributed by atoms with van der Waals surface area (Å²) in [6, 6.07) is -0.586. The van der Waals surface area contributed by atoms with Gasteiger partial charge < -0.3 is 0 Å². The predicted octanol–water partition coefficient (Wildman–Crippen LogP) is 12.6. The topological polar surface area (TPSA) is 74.8 Å². The molecule has 7 aliphatic carbocycles. The van der Waals surface area contributed by atoms with E-state index in [9.17, 15) is 0 Å². The highest BCUT2D eigenvalue weighted by molar-refractivity contribution is 14.1. The number of rotatable bonds is 10. The van der Waals surface area contributed by atoms with Gasteiger partial charge in [0.1, 0.15) is 0 Å². The van der Waals surface area contributed by atoms with Crippen LogP contribution in [0.15, 0.2) is 68.3 Å². The summed E-state index contributed by atoms with van der Waals surface area (Å²) in [6.45, 7) is 8.71. The summed E-state index contributed by atoms with van der Waals surface area (Å²) in [6.07, 6.45) is 16.1. The van der Waals surface area contributed by atoms with Gasteiger partial charge in [-0.15, -0.1) is 34.8 Å². The minimum absolute atomic E-state index is 0.0374. The minimum atomic E-state index is -0.672. The van der Waals surface area contributed by atoms with Gasteiger partial charge in [-0.2, -0.15) is 0 Å². The molecule has 0 aromatic heterocycles. The first-order valence-corrected chi connectivity index (χ1v) is 29.5. The van der Waals surface area contributed by atoms with Gasteiger partial charge in [0.2, 0.25) is 17.7 Å². The number of hydrogen-bond donors (Lipinski definition) is 0. The molecule has 0 spiro atoms. The van der Waals surface area contributed by atoms with E-state index < -0.39 is 45.8 Å². The first kappa shape index (κ1) is 47.8. The number of nitrogens with zero attached hydrogens (tertiary/aromatic N) is 2. The van der Waals surface area contributed by atoms with Crippen molar-refractivity contribution in [1.82, 2.24) is 9.80 Å². The van der Waals surface area contributed by atoms with Crippen molar-refractivity contribution in [2.45, 2.75) is 136 Å². The van der Waals surface area contributed by atoms with Crippen molar-refractivity contribution < 1.29 is 19.2 Å². The van der Waals surface area contributed by atoms with E-state index in [1.807, 2.05) is 6.08 Å². The molecule has 2 saturated carbocycles. The Morgan fingerprint density at radius 2 is 1.31 bits per heavy atom. The number of halogens is 8. The van der Waals surface area contributed by atoms with E-state index >= 15 is 19.2 Å². The second kappa shape index (κ2) is 18.6. The molecule has 4 fully saturated rings. The summed E-state index contributed by atoms with van der Waals surface area (Å²) >= 11 is 40.6. The Morgan fingerprint density at radius 3 is 1.94 bits per heavy atom. The molecule has 2 heterocycles. The van der Waals surface area contributed by atoms with Crippen molar-refractivity contribution in [3.8, 4) is 0 Å². The maximum Gasteiger partial charge on any atom is 0.261 e. The van der Waals surface area contributed by atoms with E-state index in [-0.39, 0.29) is 73.5 Å². The lowest BCUT2D eigenvalue weighted by molar-refractivity contribution is -0.160. The molecule has 2 saturated heterocycles. The molecule has 0 aromatic rings. The Labute approximate surface area is 441 Å². The van der Waals surface area contributed by atoms with Gasteiger partial charge in [-0.05, 0) is 97.5 Å². The predicted molar refractivity (Wildman–Crippen MR) is 284 cm³/mol. The molecule has 17 unspecified atom stereocenters. The molecule has 9 aliphatic rings. The smallest absolute Gasteiger partial charge is 0.261 e. The Kier molecular flexibility index (Phi) is 14.4. The van der Waals surface area contributed by atoms with Gasteiger partial charge in [0.05, 0.1) is 29.2 Å².